The van der Waals surface area contributed by atoms with Crippen LogP contribution in [0.5, 0.6) is 5.75 Å². The maximum Gasteiger partial charge on any atom is 0.268 e. The molecule has 0 unspecified atom stereocenters. The number of nitrogens with zero attached hydrogens (tertiary/aromatic N) is 1. The second kappa shape index (κ2) is 6.45. The predicted molar refractivity (Wildman–Crippen MR) is 80.9 cm³/mol. The van der Waals surface area contributed by atoms with Crippen LogP contribution in [-0.4, -0.2) is 17.6 Å². The second-order valence-corrected chi connectivity index (χ2v) is 4.95. The number of rotatable bonds is 4. The van der Waals surface area contributed by atoms with Gasteiger partial charge in [-0.05, 0) is 17.7 Å². The summed E-state index contributed by atoms with van der Waals surface area (Å²) < 4.78 is 6.48. The lowest BCUT2D eigenvalue weighted by Gasteiger charge is -2.10. The highest BCUT2D eigenvalue weighted by atomic mass is 35.5. The molecule has 110 valence electrons. The van der Waals surface area contributed by atoms with Gasteiger partial charge in [0.25, 0.3) is 5.91 Å². The number of benzene rings is 1. The zero-order valence-electron chi connectivity index (χ0n) is 11.7. The molecule has 0 aliphatic rings. The summed E-state index contributed by atoms with van der Waals surface area (Å²) in [6, 6.07) is 8.43. The SMILES string of the molecule is COc1cn(C)c(C(=O)NCc2ccc(Cl)cc2)cc1=O. The third-order valence-electron chi connectivity index (χ3n) is 3.02. The Morgan fingerprint density at radius 3 is 2.62 bits per heavy atom. The van der Waals surface area contributed by atoms with Crippen LogP contribution in [0.3, 0.4) is 0 Å². The van der Waals surface area contributed by atoms with E-state index in [0.29, 0.717) is 11.6 Å². The van der Waals surface area contributed by atoms with Crippen LogP contribution in [0.15, 0.2) is 41.3 Å². The molecule has 0 spiro atoms. The summed E-state index contributed by atoms with van der Waals surface area (Å²) in [4.78, 5) is 23.8. The molecule has 21 heavy (non-hydrogen) atoms. The summed E-state index contributed by atoms with van der Waals surface area (Å²) in [5.74, 6) is -0.126. The van der Waals surface area contributed by atoms with E-state index in [1.165, 1.54) is 19.4 Å². The van der Waals surface area contributed by atoms with Crippen molar-refractivity contribution in [1.82, 2.24) is 9.88 Å². The molecule has 5 nitrogen and oxygen atoms in total. The first-order valence-corrected chi connectivity index (χ1v) is 6.66. The Morgan fingerprint density at radius 1 is 1.33 bits per heavy atom. The lowest BCUT2D eigenvalue weighted by molar-refractivity contribution is 0.0941. The topological polar surface area (TPSA) is 60.3 Å². The fourth-order valence-electron chi connectivity index (χ4n) is 1.86. The molecule has 0 saturated carbocycles. The first-order chi connectivity index (χ1) is 10.0. The van der Waals surface area contributed by atoms with Crippen LogP contribution in [0.1, 0.15) is 16.1 Å². The fourth-order valence-corrected chi connectivity index (χ4v) is 1.99. The van der Waals surface area contributed by atoms with Gasteiger partial charge in [-0.2, -0.15) is 0 Å². The van der Waals surface area contributed by atoms with Crippen molar-refractivity contribution in [3.05, 3.63) is 63.0 Å². The van der Waals surface area contributed by atoms with E-state index in [2.05, 4.69) is 5.32 Å². The van der Waals surface area contributed by atoms with Gasteiger partial charge in [-0.15, -0.1) is 0 Å². The Bertz CT molecular complexity index is 708. The van der Waals surface area contributed by atoms with E-state index in [0.717, 1.165) is 5.56 Å². The number of pyridine rings is 1. The highest BCUT2D eigenvalue weighted by Gasteiger charge is 2.11. The maximum absolute atomic E-state index is 12.1. The van der Waals surface area contributed by atoms with E-state index >= 15 is 0 Å². The van der Waals surface area contributed by atoms with Gasteiger partial charge in [-0.1, -0.05) is 23.7 Å². The van der Waals surface area contributed by atoms with E-state index in [9.17, 15) is 9.59 Å². The van der Waals surface area contributed by atoms with Gasteiger partial charge >= 0.3 is 0 Å². The molecule has 0 atom stereocenters. The minimum Gasteiger partial charge on any atom is -0.491 e. The summed E-state index contributed by atoms with van der Waals surface area (Å²) in [7, 11) is 3.09. The molecule has 1 aromatic heterocycles. The van der Waals surface area contributed by atoms with Crippen LogP contribution in [0.4, 0.5) is 0 Å². The Morgan fingerprint density at radius 2 is 2.00 bits per heavy atom. The monoisotopic (exact) mass is 306 g/mol. The summed E-state index contributed by atoms with van der Waals surface area (Å²) in [6.45, 7) is 0.357. The number of halogens is 1. The number of methoxy groups -OCH3 is 1. The van der Waals surface area contributed by atoms with Crippen molar-refractivity contribution in [3.8, 4) is 5.75 Å². The largest absolute Gasteiger partial charge is 0.491 e. The number of carbonyl (C=O) groups excluding carboxylic acids is 1. The molecule has 0 aliphatic heterocycles. The van der Waals surface area contributed by atoms with Crippen LogP contribution in [0.2, 0.25) is 5.02 Å². The molecule has 0 radical (unpaired) electrons. The Hall–Kier alpha value is -2.27. The normalized spacial score (nSPS) is 10.2. The number of nitrogens with one attached hydrogen (secondary N) is 1. The molecular formula is C15H15ClN2O3. The number of hydrogen-bond acceptors (Lipinski definition) is 3. The highest BCUT2D eigenvalue weighted by Crippen LogP contribution is 2.10. The third kappa shape index (κ3) is 3.64. The van der Waals surface area contributed by atoms with Gasteiger partial charge in [0.15, 0.2) is 5.75 Å². The van der Waals surface area contributed by atoms with E-state index in [-0.39, 0.29) is 22.8 Å². The van der Waals surface area contributed by atoms with Gasteiger partial charge in [-0.25, -0.2) is 0 Å². The van der Waals surface area contributed by atoms with Gasteiger partial charge in [0.1, 0.15) is 5.69 Å². The van der Waals surface area contributed by atoms with Crippen LogP contribution >= 0.6 is 11.6 Å². The van der Waals surface area contributed by atoms with E-state index in [4.69, 9.17) is 16.3 Å². The van der Waals surface area contributed by atoms with E-state index in [1.807, 2.05) is 12.1 Å². The molecule has 0 bridgehead atoms. The number of hydrogen-bond donors (Lipinski definition) is 1. The van der Waals surface area contributed by atoms with Crippen molar-refractivity contribution >= 4 is 17.5 Å². The zero-order chi connectivity index (χ0) is 15.4. The highest BCUT2D eigenvalue weighted by molar-refractivity contribution is 6.30. The van der Waals surface area contributed by atoms with Gasteiger partial charge in [0, 0.05) is 24.7 Å². The molecule has 1 aromatic carbocycles. The van der Waals surface area contributed by atoms with Crippen molar-refractivity contribution in [3.63, 3.8) is 0 Å². The maximum atomic E-state index is 12.1. The summed E-state index contributed by atoms with van der Waals surface area (Å²) in [5.41, 5.74) is 0.869. The standard InChI is InChI=1S/C15H15ClN2O3/c1-18-9-14(21-2)13(19)7-12(18)15(20)17-8-10-3-5-11(16)6-4-10/h3-7,9H,8H2,1-2H3,(H,17,20). The van der Waals surface area contributed by atoms with Crippen molar-refractivity contribution in [2.24, 2.45) is 7.05 Å². The van der Waals surface area contributed by atoms with Crippen molar-refractivity contribution < 1.29 is 9.53 Å². The third-order valence-corrected chi connectivity index (χ3v) is 3.27. The minimum atomic E-state index is -0.327. The smallest absolute Gasteiger partial charge is 0.268 e. The Labute approximate surface area is 127 Å². The number of aryl methyl sites for hydroxylation is 1. The lowest BCUT2D eigenvalue weighted by Crippen LogP contribution is -2.27. The van der Waals surface area contributed by atoms with Crippen LogP contribution in [0.25, 0.3) is 0 Å². The fraction of sp³-hybridized carbons (Fsp3) is 0.200. The van der Waals surface area contributed by atoms with Gasteiger partial charge in [0.05, 0.1) is 13.3 Å². The van der Waals surface area contributed by atoms with Crippen molar-refractivity contribution in [2.75, 3.05) is 7.11 Å². The zero-order valence-corrected chi connectivity index (χ0v) is 12.5. The summed E-state index contributed by atoms with van der Waals surface area (Å²) in [5, 5.41) is 3.40. The molecule has 2 rings (SSSR count). The second-order valence-electron chi connectivity index (χ2n) is 4.51. The molecule has 6 heteroatoms. The number of carbonyl (C=O) groups is 1. The van der Waals surface area contributed by atoms with Crippen LogP contribution in [0, 0.1) is 0 Å². The van der Waals surface area contributed by atoms with Crippen molar-refractivity contribution in [2.45, 2.75) is 6.54 Å². The van der Waals surface area contributed by atoms with Gasteiger partial charge in [-0.3, -0.25) is 9.59 Å². The molecule has 0 aliphatic carbocycles. The number of amides is 1. The minimum absolute atomic E-state index is 0.201. The van der Waals surface area contributed by atoms with E-state index < -0.39 is 0 Å². The van der Waals surface area contributed by atoms with E-state index in [1.54, 1.807) is 23.7 Å². The Balaban J connectivity index is 2.12. The molecule has 1 heterocycles. The molecule has 0 fully saturated rings. The van der Waals surface area contributed by atoms with Crippen LogP contribution in [-0.2, 0) is 13.6 Å². The van der Waals surface area contributed by atoms with Crippen molar-refractivity contribution in [1.29, 1.82) is 0 Å². The average Bonchev–Trinajstić information content (AvgIpc) is 2.48. The molecular weight excluding hydrogens is 292 g/mol. The van der Waals surface area contributed by atoms with Crippen LogP contribution < -0.4 is 15.5 Å². The summed E-state index contributed by atoms with van der Waals surface area (Å²) >= 11 is 5.80. The van der Waals surface area contributed by atoms with Gasteiger partial charge in [0.2, 0.25) is 5.43 Å². The first kappa shape index (κ1) is 15.1. The average molecular weight is 307 g/mol. The lowest BCUT2D eigenvalue weighted by atomic mass is 10.2. The number of ether oxygens (including phenoxy) is 1. The molecule has 1 amide bonds. The molecule has 1 N–H and O–H groups in total. The quantitative estimate of drug-likeness (QED) is 0.939. The molecule has 2 aromatic rings. The summed E-state index contributed by atoms with van der Waals surface area (Å²) in [6.07, 6.45) is 1.49. The Kier molecular flexibility index (Phi) is 4.65. The first-order valence-electron chi connectivity index (χ1n) is 6.28. The number of aromatic nitrogens is 1. The molecule has 0 saturated heterocycles. The predicted octanol–water partition coefficient (Wildman–Crippen LogP) is 1.98. The van der Waals surface area contributed by atoms with Gasteiger partial charge < -0.3 is 14.6 Å².